The van der Waals surface area contributed by atoms with Crippen molar-refractivity contribution in [3.8, 4) is 0 Å². The van der Waals surface area contributed by atoms with Crippen molar-refractivity contribution in [3.05, 3.63) is 41.4 Å². The van der Waals surface area contributed by atoms with Gasteiger partial charge in [-0.2, -0.15) is 0 Å². The normalized spacial score (nSPS) is 13.7. The third-order valence-corrected chi connectivity index (χ3v) is 2.16. The van der Waals surface area contributed by atoms with Gasteiger partial charge in [-0.1, -0.05) is 5.16 Å². The molecule has 1 aromatic heterocycles. The van der Waals surface area contributed by atoms with Gasteiger partial charge in [-0.3, -0.25) is 0 Å². The van der Waals surface area contributed by atoms with Crippen LogP contribution in [-0.2, 0) is 4.84 Å². The first kappa shape index (κ1) is 7.32. The van der Waals surface area contributed by atoms with Gasteiger partial charge in [-0.15, -0.1) is 0 Å². The van der Waals surface area contributed by atoms with Gasteiger partial charge in [0.2, 0.25) is 0 Å². The minimum atomic E-state index is 0.801. The highest BCUT2D eigenvalue weighted by Gasteiger charge is 2.00. The molecule has 2 aromatic rings. The third-order valence-electron chi connectivity index (χ3n) is 2.16. The summed E-state index contributed by atoms with van der Waals surface area (Å²) < 4.78 is 0. The lowest BCUT2D eigenvalue weighted by Crippen LogP contribution is -2.25. The van der Waals surface area contributed by atoms with Crippen molar-refractivity contribution in [2.75, 3.05) is 0 Å². The number of imidazole rings is 1. The minimum absolute atomic E-state index is 0.801. The minimum Gasteiger partial charge on any atom is -0.364 e. The van der Waals surface area contributed by atoms with E-state index in [9.17, 15) is 0 Å². The van der Waals surface area contributed by atoms with Gasteiger partial charge in [-0.25, -0.2) is 4.98 Å². The number of hydrogen-bond acceptors (Lipinski definition) is 3. The van der Waals surface area contributed by atoms with Crippen LogP contribution >= 0.6 is 0 Å². The van der Waals surface area contributed by atoms with Gasteiger partial charge in [0.15, 0.2) is 0 Å². The largest absolute Gasteiger partial charge is 0.364 e. The van der Waals surface area contributed by atoms with Crippen molar-refractivity contribution in [1.82, 2.24) is 9.97 Å². The van der Waals surface area contributed by atoms with Crippen LogP contribution in [0.1, 0.15) is 0 Å². The third kappa shape index (κ3) is 0.939. The van der Waals surface area contributed by atoms with E-state index in [2.05, 4.69) is 15.1 Å². The first-order valence-corrected chi connectivity index (χ1v) is 4.28. The predicted octanol–water partition coefficient (Wildman–Crippen LogP) is 0.422. The number of nitrogens with one attached hydrogen (secondary N) is 1. The first-order chi connectivity index (χ1) is 6.95. The van der Waals surface area contributed by atoms with Gasteiger partial charge in [0.1, 0.15) is 11.6 Å². The molecule has 0 saturated carbocycles. The van der Waals surface area contributed by atoms with Gasteiger partial charge >= 0.3 is 0 Å². The highest BCUT2D eigenvalue weighted by molar-refractivity contribution is 5.76. The molecule has 0 amide bonds. The van der Waals surface area contributed by atoms with Gasteiger partial charge < -0.3 is 9.82 Å². The van der Waals surface area contributed by atoms with E-state index in [1.807, 2.05) is 24.3 Å². The average Bonchev–Trinajstić information content (AvgIpc) is 2.55. The van der Waals surface area contributed by atoms with E-state index in [1.54, 1.807) is 12.6 Å². The Hall–Kier alpha value is -2.10. The number of H-pyrrole nitrogens is 1. The fraction of sp³-hybridized carbons (Fsp3) is 0. The van der Waals surface area contributed by atoms with Crippen LogP contribution in [0.4, 0.5) is 0 Å². The summed E-state index contributed by atoms with van der Waals surface area (Å²) in [6.07, 6.45) is 6.96. The van der Waals surface area contributed by atoms with Crippen LogP contribution in [0.25, 0.3) is 17.1 Å². The number of rotatable bonds is 0. The molecule has 0 fully saturated rings. The Bertz CT molecular complexity index is 624. The molecule has 0 saturated heterocycles. The molecule has 2 heterocycles. The fourth-order valence-corrected chi connectivity index (χ4v) is 1.52. The molecule has 4 heteroatoms. The predicted molar refractivity (Wildman–Crippen MR) is 51.6 cm³/mol. The van der Waals surface area contributed by atoms with Crippen LogP contribution in [0, 0.1) is 0 Å². The van der Waals surface area contributed by atoms with E-state index in [0.29, 0.717) is 0 Å². The first-order valence-electron chi connectivity index (χ1n) is 4.28. The van der Waals surface area contributed by atoms with Crippen molar-refractivity contribution in [3.63, 3.8) is 0 Å². The van der Waals surface area contributed by atoms with Crippen LogP contribution in [0.5, 0.6) is 0 Å². The molecule has 4 nitrogen and oxygen atoms in total. The lowest BCUT2D eigenvalue weighted by atomic mass is 10.2. The SMILES string of the molecule is C1=CON=c2ccc3[nH]cnc3c2=C1. The van der Waals surface area contributed by atoms with E-state index >= 15 is 0 Å². The van der Waals surface area contributed by atoms with Crippen LogP contribution in [0.15, 0.2) is 36.0 Å². The zero-order valence-electron chi connectivity index (χ0n) is 7.27. The molecule has 0 bridgehead atoms. The molecule has 0 radical (unpaired) electrons. The summed E-state index contributed by atoms with van der Waals surface area (Å²) >= 11 is 0. The molecule has 0 unspecified atom stereocenters. The summed E-state index contributed by atoms with van der Waals surface area (Å²) in [5, 5.41) is 5.73. The highest BCUT2D eigenvalue weighted by Crippen LogP contribution is 2.00. The number of nitrogens with zero attached hydrogens (tertiary/aromatic N) is 2. The maximum Gasteiger partial charge on any atom is 0.122 e. The lowest BCUT2D eigenvalue weighted by molar-refractivity contribution is 0.254. The van der Waals surface area contributed by atoms with Gasteiger partial charge in [0.25, 0.3) is 0 Å². The molecular formula is C10H7N3O. The van der Waals surface area contributed by atoms with E-state index in [-0.39, 0.29) is 0 Å². The number of allylic oxidation sites excluding steroid dienone is 1. The van der Waals surface area contributed by atoms with Crippen molar-refractivity contribution >= 4 is 17.1 Å². The van der Waals surface area contributed by atoms with E-state index in [1.165, 1.54) is 0 Å². The second-order valence-corrected chi connectivity index (χ2v) is 2.99. The van der Waals surface area contributed by atoms with Crippen LogP contribution in [0.2, 0.25) is 0 Å². The van der Waals surface area contributed by atoms with Crippen LogP contribution < -0.4 is 10.6 Å². The summed E-state index contributed by atoms with van der Waals surface area (Å²) in [6, 6.07) is 3.84. The van der Waals surface area contributed by atoms with Gasteiger partial charge in [0.05, 0.1) is 17.4 Å². The fourth-order valence-electron chi connectivity index (χ4n) is 1.52. The molecule has 68 valence electrons. The smallest absolute Gasteiger partial charge is 0.122 e. The second-order valence-electron chi connectivity index (χ2n) is 2.99. The Morgan fingerprint density at radius 3 is 3.29 bits per heavy atom. The Kier molecular flexibility index (Phi) is 1.41. The molecule has 1 aromatic carbocycles. The maximum atomic E-state index is 4.92. The molecule has 3 rings (SSSR count). The van der Waals surface area contributed by atoms with Gasteiger partial charge in [0, 0.05) is 5.22 Å². The van der Waals surface area contributed by atoms with Gasteiger partial charge in [-0.05, 0) is 24.3 Å². The zero-order valence-corrected chi connectivity index (χ0v) is 7.27. The second kappa shape index (κ2) is 2.70. The van der Waals surface area contributed by atoms with Crippen molar-refractivity contribution < 1.29 is 4.84 Å². The molecule has 1 aliphatic heterocycles. The number of fused-ring (bicyclic) bond motifs is 3. The summed E-state index contributed by atoms with van der Waals surface area (Å²) in [4.78, 5) is 12.2. The average molecular weight is 185 g/mol. The van der Waals surface area contributed by atoms with Crippen molar-refractivity contribution in [2.45, 2.75) is 0 Å². The Labute approximate surface area is 79.2 Å². The number of hydrogen-bond donors (Lipinski definition) is 1. The molecular weight excluding hydrogens is 178 g/mol. The zero-order chi connectivity index (χ0) is 9.38. The maximum absolute atomic E-state index is 4.92. The summed E-state index contributed by atoms with van der Waals surface area (Å²) in [6.45, 7) is 0. The van der Waals surface area contributed by atoms with Crippen LogP contribution in [0.3, 0.4) is 0 Å². The number of aromatic amines is 1. The Morgan fingerprint density at radius 1 is 1.29 bits per heavy atom. The van der Waals surface area contributed by atoms with Crippen molar-refractivity contribution in [2.24, 2.45) is 5.16 Å². The molecule has 0 atom stereocenters. The Balaban J connectivity index is 2.60. The van der Waals surface area contributed by atoms with E-state index in [0.717, 1.165) is 21.6 Å². The van der Waals surface area contributed by atoms with E-state index < -0.39 is 0 Å². The lowest BCUT2D eigenvalue weighted by Gasteiger charge is -1.89. The topological polar surface area (TPSA) is 50.3 Å². The summed E-state index contributed by atoms with van der Waals surface area (Å²) in [7, 11) is 0. The highest BCUT2D eigenvalue weighted by atomic mass is 16.6. The molecule has 1 N–H and O–H groups in total. The molecule has 14 heavy (non-hydrogen) atoms. The monoisotopic (exact) mass is 185 g/mol. The molecule has 0 spiro atoms. The Morgan fingerprint density at radius 2 is 2.29 bits per heavy atom. The number of benzene rings is 1. The van der Waals surface area contributed by atoms with Crippen molar-refractivity contribution in [1.29, 1.82) is 0 Å². The van der Waals surface area contributed by atoms with E-state index in [4.69, 9.17) is 4.84 Å². The summed E-state index contributed by atoms with van der Waals surface area (Å²) in [5.41, 5.74) is 1.92. The number of aromatic nitrogens is 2. The standard InChI is InChI=1S/C10H7N3O/c1-2-7-8(13-14-5-1)3-4-9-10(7)12-6-11-9/h1-6H,(H,11,12). The van der Waals surface area contributed by atoms with Crippen LogP contribution in [-0.4, -0.2) is 9.97 Å². The quantitative estimate of drug-likeness (QED) is 0.646. The summed E-state index contributed by atoms with van der Waals surface area (Å²) in [5.74, 6) is 0. The molecule has 0 aliphatic carbocycles. The molecule has 1 aliphatic rings.